The molecule has 4 aromatic rings. The highest BCUT2D eigenvalue weighted by molar-refractivity contribution is 6.11. The second kappa shape index (κ2) is 30.3. The molecule has 23 nitrogen and oxygen atoms in total. The Morgan fingerprint density at radius 2 is 0.904 bits per heavy atom. The third-order valence-electron chi connectivity index (χ3n) is 10.8. The van der Waals surface area contributed by atoms with E-state index in [4.69, 9.17) is 25.7 Å². The van der Waals surface area contributed by atoms with Crippen LogP contribution < -0.4 is 22.1 Å². The lowest BCUT2D eigenvalue weighted by Gasteiger charge is -2.32. The van der Waals surface area contributed by atoms with Crippen LogP contribution in [0.15, 0.2) is 110 Å². The molecule has 0 aliphatic rings. The van der Waals surface area contributed by atoms with Crippen LogP contribution in [0.2, 0.25) is 0 Å². The molecular weight excluding hydrogens is 953 g/mol. The summed E-state index contributed by atoms with van der Waals surface area (Å²) >= 11 is 0. The van der Waals surface area contributed by atoms with Gasteiger partial charge in [0.2, 0.25) is 11.8 Å². The van der Waals surface area contributed by atoms with Crippen molar-refractivity contribution in [2.75, 3.05) is 13.1 Å². The molecule has 2 aromatic carbocycles. The van der Waals surface area contributed by atoms with E-state index in [1.54, 1.807) is 48.5 Å². The van der Waals surface area contributed by atoms with Crippen LogP contribution in [0.4, 0.5) is 9.59 Å². The minimum Gasteiger partial charge on any atom is -0.481 e. The predicted molar refractivity (Wildman–Crippen MR) is 256 cm³/mol. The maximum absolute atomic E-state index is 14.3. The fourth-order valence-corrected chi connectivity index (χ4v) is 7.02. The molecular formula is C50H58N8O15. The summed E-state index contributed by atoms with van der Waals surface area (Å²) in [5, 5.41) is 24.5. The van der Waals surface area contributed by atoms with E-state index in [1.807, 2.05) is 12.1 Å². The number of carboxylic acid groups (broad SMARTS) is 2. The number of nitrogens with one attached hydrogen (secondary N) is 2. The molecule has 0 spiro atoms. The van der Waals surface area contributed by atoms with Gasteiger partial charge >= 0.3 is 36.1 Å². The van der Waals surface area contributed by atoms with Gasteiger partial charge in [0.1, 0.15) is 25.3 Å². The molecule has 0 saturated carbocycles. The fraction of sp³-hybridized carbons (Fsp3) is 0.360. The Labute approximate surface area is 419 Å². The summed E-state index contributed by atoms with van der Waals surface area (Å²) in [5.74, 6) is -11.1. The third kappa shape index (κ3) is 19.4. The second-order valence-electron chi connectivity index (χ2n) is 16.3. The molecule has 8 N–H and O–H groups in total. The van der Waals surface area contributed by atoms with Crippen molar-refractivity contribution >= 4 is 59.7 Å². The minimum atomic E-state index is -2.18. The van der Waals surface area contributed by atoms with Crippen LogP contribution in [-0.2, 0) is 56.2 Å². The Kier molecular flexibility index (Phi) is 23.7. The number of esters is 2. The molecule has 2 aromatic heterocycles. The van der Waals surface area contributed by atoms with E-state index in [9.17, 15) is 58.2 Å². The SMILES string of the molecule is N[C@@H](CCCCNC(=O)OCc1ccccc1)C(=O)N(C(=O)c1cccnc1)[C@H](CCC(=O)O)C(=O)OC(=O)[C@@H](CCC(=O)O)N(C(=O)c1cccnc1)C(=O)[C@@H](N)CCCCNC(=O)OCc1ccccc1. The summed E-state index contributed by atoms with van der Waals surface area (Å²) in [5.41, 5.74) is 13.6. The predicted octanol–water partition coefficient (Wildman–Crippen LogP) is 3.50. The van der Waals surface area contributed by atoms with Crippen molar-refractivity contribution in [1.82, 2.24) is 30.4 Å². The zero-order valence-electron chi connectivity index (χ0n) is 39.7. The van der Waals surface area contributed by atoms with Gasteiger partial charge in [0.15, 0.2) is 0 Å². The number of benzene rings is 2. The number of ether oxygens (including phenoxy) is 3. The summed E-state index contributed by atoms with van der Waals surface area (Å²) in [6.07, 6.45) is 0.587. The molecule has 0 saturated heterocycles. The van der Waals surface area contributed by atoms with Crippen LogP contribution >= 0.6 is 0 Å². The maximum atomic E-state index is 14.3. The summed E-state index contributed by atoms with van der Waals surface area (Å²) < 4.78 is 15.6. The van der Waals surface area contributed by atoms with Crippen LogP contribution in [0.25, 0.3) is 0 Å². The lowest BCUT2D eigenvalue weighted by molar-refractivity contribution is -0.169. The number of alkyl carbamates (subject to hydrolysis) is 2. The number of amides is 6. The number of rotatable bonds is 28. The Balaban J connectivity index is 1.54. The van der Waals surface area contributed by atoms with E-state index in [0.29, 0.717) is 9.80 Å². The zero-order valence-corrected chi connectivity index (χ0v) is 39.7. The van der Waals surface area contributed by atoms with E-state index in [0.717, 1.165) is 23.5 Å². The number of carbonyl (C=O) groups excluding carboxylic acids is 8. The van der Waals surface area contributed by atoms with E-state index in [1.165, 1.54) is 36.7 Å². The Morgan fingerprint density at radius 3 is 1.25 bits per heavy atom. The first-order chi connectivity index (χ1) is 35.1. The highest BCUT2D eigenvalue weighted by atomic mass is 16.6. The lowest BCUT2D eigenvalue weighted by atomic mass is 10.0. The van der Waals surface area contributed by atoms with Crippen molar-refractivity contribution in [3.8, 4) is 0 Å². The van der Waals surface area contributed by atoms with E-state index in [-0.39, 0.29) is 76.0 Å². The number of hydrogen-bond donors (Lipinski definition) is 6. The second-order valence-corrected chi connectivity index (χ2v) is 16.3. The monoisotopic (exact) mass is 1010 g/mol. The van der Waals surface area contributed by atoms with Crippen LogP contribution in [0.5, 0.6) is 0 Å². The molecule has 0 fully saturated rings. The Hall–Kier alpha value is -8.44. The number of carboxylic acids is 2. The topological polar surface area (TPSA) is 347 Å². The molecule has 0 unspecified atom stereocenters. The van der Waals surface area contributed by atoms with Crippen molar-refractivity contribution in [3.63, 3.8) is 0 Å². The molecule has 0 radical (unpaired) electrons. The van der Waals surface area contributed by atoms with Gasteiger partial charge in [-0.3, -0.25) is 48.5 Å². The molecule has 0 aliphatic carbocycles. The summed E-state index contributed by atoms with van der Waals surface area (Å²) in [4.78, 5) is 142. The molecule has 73 heavy (non-hydrogen) atoms. The number of nitrogens with two attached hydrogens (primary N) is 2. The number of carbonyl (C=O) groups is 10. The number of aromatic nitrogens is 2. The molecule has 4 atom stereocenters. The van der Waals surface area contributed by atoms with Crippen LogP contribution in [-0.4, -0.2) is 127 Å². The van der Waals surface area contributed by atoms with Crippen molar-refractivity contribution < 1.29 is 72.4 Å². The molecule has 6 amide bonds. The highest BCUT2D eigenvalue weighted by Gasteiger charge is 2.43. The van der Waals surface area contributed by atoms with Gasteiger partial charge in [-0.2, -0.15) is 0 Å². The van der Waals surface area contributed by atoms with Crippen molar-refractivity contribution in [2.45, 2.75) is 102 Å². The van der Waals surface area contributed by atoms with E-state index in [2.05, 4.69) is 20.6 Å². The van der Waals surface area contributed by atoms with Gasteiger partial charge < -0.3 is 46.5 Å². The number of aliphatic carboxylic acids is 2. The van der Waals surface area contributed by atoms with Gasteiger partial charge in [0, 0.05) is 50.7 Å². The highest BCUT2D eigenvalue weighted by Crippen LogP contribution is 2.21. The number of hydrogen-bond acceptors (Lipinski definition) is 17. The van der Waals surface area contributed by atoms with Gasteiger partial charge in [0.05, 0.1) is 23.2 Å². The van der Waals surface area contributed by atoms with Gasteiger partial charge in [-0.1, -0.05) is 60.7 Å². The average Bonchev–Trinajstić information content (AvgIpc) is 3.39. The summed E-state index contributed by atoms with van der Waals surface area (Å²) in [6.45, 7) is 0.257. The molecule has 388 valence electrons. The Morgan fingerprint density at radius 1 is 0.521 bits per heavy atom. The molecule has 23 heteroatoms. The van der Waals surface area contributed by atoms with Crippen molar-refractivity contribution in [2.24, 2.45) is 11.5 Å². The van der Waals surface area contributed by atoms with Crippen LogP contribution in [0.3, 0.4) is 0 Å². The van der Waals surface area contributed by atoms with Gasteiger partial charge in [-0.25, -0.2) is 19.2 Å². The molecule has 4 rings (SSSR count). The number of unbranched alkanes of at least 4 members (excludes halogenated alkanes) is 2. The fourth-order valence-electron chi connectivity index (χ4n) is 7.02. The van der Waals surface area contributed by atoms with Gasteiger partial charge in [-0.05, 0) is 86.8 Å². The average molecular weight is 1010 g/mol. The van der Waals surface area contributed by atoms with Gasteiger partial charge in [-0.15, -0.1) is 0 Å². The first kappa shape index (κ1) is 57.1. The Bertz CT molecular complexity index is 2320. The van der Waals surface area contributed by atoms with E-state index < -0.39 is 110 Å². The normalized spacial score (nSPS) is 12.4. The summed E-state index contributed by atoms with van der Waals surface area (Å²) in [7, 11) is 0. The first-order valence-electron chi connectivity index (χ1n) is 23.2. The van der Waals surface area contributed by atoms with Gasteiger partial charge in [0.25, 0.3) is 11.8 Å². The van der Waals surface area contributed by atoms with Crippen molar-refractivity contribution in [1.29, 1.82) is 0 Å². The minimum absolute atomic E-state index is 0.0265. The standard InChI is InChI=1S/C50H58N8O15/c51-37(19-7-9-27-55-49(69)71-31-33-13-3-1-4-14-33)45(65)57(43(63)35-17-11-25-53-29-35)39(21-23-41(59)60)47(67)73-48(68)40(22-24-42(61)62)58(44(64)36-18-12-26-54-30-36)46(66)38(52)20-8-10-28-56-50(70)72-32-34-15-5-2-6-16-34/h1-6,11-18,25-26,29-30,37-40H,7-10,19-24,27-28,31-32,51-52H2,(H,55,69)(H,56,70)(H,59,60)(H,61,62)/t37-,38-,39+,40+/m0/s1. The molecule has 0 aliphatic heterocycles. The third-order valence-corrected chi connectivity index (χ3v) is 10.8. The van der Waals surface area contributed by atoms with Crippen LogP contribution in [0.1, 0.15) is 96.1 Å². The largest absolute Gasteiger partial charge is 0.481 e. The summed E-state index contributed by atoms with van der Waals surface area (Å²) in [6, 6.07) is 15.6. The van der Waals surface area contributed by atoms with Crippen molar-refractivity contribution in [3.05, 3.63) is 132 Å². The molecule has 0 bridgehead atoms. The lowest BCUT2D eigenvalue weighted by Crippen LogP contribution is -2.57. The first-order valence-corrected chi connectivity index (χ1v) is 23.2. The molecule has 2 heterocycles. The quantitative estimate of drug-likeness (QED) is 0.0205. The van der Waals surface area contributed by atoms with E-state index >= 15 is 0 Å². The number of pyridine rings is 2. The van der Waals surface area contributed by atoms with Crippen LogP contribution in [0, 0.1) is 0 Å². The number of imide groups is 2. The maximum Gasteiger partial charge on any atom is 0.407 e. The smallest absolute Gasteiger partial charge is 0.407 e. The zero-order chi connectivity index (χ0) is 53.1. The number of nitrogens with zero attached hydrogens (tertiary/aromatic N) is 4.